The molecule has 1 aromatic heterocycles. The van der Waals surface area contributed by atoms with Gasteiger partial charge in [0.25, 0.3) is 5.91 Å². The third-order valence-electron chi connectivity index (χ3n) is 5.16. The maximum absolute atomic E-state index is 13.2. The van der Waals surface area contributed by atoms with Gasteiger partial charge in [-0.1, -0.05) is 36.5 Å². The van der Waals surface area contributed by atoms with Crippen LogP contribution in [0.25, 0.3) is 0 Å². The zero-order valence-electron chi connectivity index (χ0n) is 18.2. The van der Waals surface area contributed by atoms with Crippen LogP contribution in [0.1, 0.15) is 41.4 Å². The van der Waals surface area contributed by atoms with Crippen LogP contribution >= 0.6 is 37.0 Å². The molecule has 1 heterocycles. The fourth-order valence-electron chi connectivity index (χ4n) is 3.06. The number of rotatable bonds is 7. The van der Waals surface area contributed by atoms with E-state index in [0.717, 1.165) is 11.1 Å². The molecule has 0 bridgehead atoms. The maximum Gasteiger partial charge on any atom is 0.255 e. The van der Waals surface area contributed by atoms with Crippen molar-refractivity contribution in [1.82, 2.24) is 10.3 Å². The van der Waals surface area contributed by atoms with Gasteiger partial charge in [0.2, 0.25) is 0 Å². The van der Waals surface area contributed by atoms with Crippen LogP contribution in [0.15, 0.2) is 73.1 Å². The van der Waals surface area contributed by atoms with Gasteiger partial charge >= 0.3 is 0 Å². The molecule has 4 N–H and O–H groups in total. The van der Waals surface area contributed by atoms with Gasteiger partial charge in [0, 0.05) is 41.6 Å². The fraction of sp³-hybridized carbons (Fsp3) is 0.208. The first-order valence-electron chi connectivity index (χ1n) is 9.88. The Bertz CT molecular complexity index is 1050. The number of anilines is 1. The second kappa shape index (κ2) is 12.6. The summed E-state index contributed by atoms with van der Waals surface area (Å²) in [6, 6.07) is 16.6. The predicted molar refractivity (Wildman–Crippen MR) is 140 cm³/mol. The molecule has 0 saturated heterocycles. The molecule has 1 unspecified atom stereocenters. The van der Waals surface area contributed by atoms with Gasteiger partial charge < -0.3 is 16.4 Å². The quantitative estimate of drug-likeness (QED) is 0.381. The maximum atomic E-state index is 13.2. The lowest BCUT2D eigenvalue weighted by Crippen LogP contribution is -2.41. The molecule has 0 aliphatic rings. The van der Waals surface area contributed by atoms with E-state index < -0.39 is 5.41 Å². The number of hydrogen-bond acceptors (Lipinski definition) is 4. The molecule has 0 fully saturated rings. The minimum absolute atomic E-state index is 0. The Labute approximate surface area is 211 Å². The number of aromatic nitrogens is 1. The Morgan fingerprint density at radius 2 is 1.61 bits per heavy atom. The minimum Gasteiger partial charge on any atom is -0.377 e. The molecule has 0 saturated carbocycles. The summed E-state index contributed by atoms with van der Waals surface area (Å²) in [6.45, 7) is 4.40. The number of nitrogens with two attached hydrogens (primary N) is 1. The molecule has 1 amide bonds. The fourth-order valence-corrected chi connectivity index (χ4v) is 3.26. The summed E-state index contributed by atoms with van der Waals surface area (Å²) >= 11 is 5.57. The molecule has 1 atom stereocenters. The van der Waals surface area contributed by atoms with Crippen LogP contribution in [0, 0.1) is 5.82 Å². The van der Waals surface area contributed by atoms with E-state index in [9.17, 15) is 9.18 Å². The van der Waals surface area contributed by atoms with Crippen LogP contribution in [0.3, 0.4) is 0 Å². The lowest BCUT2D eigenvalue weighted by atomic mass is 9.84. The lowest BCUT2D eigenvalue weighted by molar-refractivity contribution is 0.102. The van der Waals surface area contributed by atoms with Crippen molar-refractivity contribution < 1.29 is 9.18 Å². The highest BCUT2D eigenvalue weighted by molar-refractivity contribution is 7.80. The number of nitrogens with zero attached hydrogens (tertiary/aromatic N) is 1. The van der Waals surface area contributed by atoms with Gasteiger partial charge in [-0.05, 0) is 61.4 Å². The number of benzene rings is 2. The average Bonchev–Trinajstić information content (AvgIpc) is 2.78. The summed E-state index contributed by atoms with van der Waals surface area (Å²) < 4.78 is 13.2. The molecule has 0 spiro atoms. The van der Waals surface area contributed by atoms with Crippen LogP contribution in [0.4, 0.5) is 10.1 Å². The van der Waals surface area contributed by atoms with Gasteiger partial charge in [-0.2, -0.15) is 0 Å². The average molecular weight is 509 g/mol. The van der Waals surface area contributed by atoms with Gasteiger partial charge in [0.15, 0.2) is 0 Å². The largest absolute Gasteiger partial charge is 0.377 e. The number of amides is 1. The van der Waals surface area contributed by atoms with E-state index in [1.165, 1.54) is 12.1 Å². The molecular formula is C24H27Cl2FN4OS. The van der Waals surface area contributed by atoms with Crippen LogP contribution in [0.5, 0.6) is 0 Å². The number of pyridine rings is 1. The Morgan fingerprint density at radius 1 is 1.03 bits per heavy atom. The summed E-state index contributed by atoms with van der Waals surface area (Å²) in [5.41, 5.74) is 8.88. The van der Waals surface area contributed by atoms with Crippen molar-refractivity contribution in [1.29, 1.82) is 0 Å². The zero-order chi connectivity index (χ0) is 22.4. The Balaban J connectivity index is 0.00000272. The second-order valence-corrected chi connectivity index (χ2v) is 8.17. The van der Waals surface area contributed by atoms with Crippen molar-refractivity contribution >= 4 is 53.6 Å². The first-order valence-corrected chi connectivity index (χ1v) is 10.3. The molecule has 0 aliphatic carbocycles. The third-order valence-corrected chi connectivity index (χ3v) is 5.81. The van der Waals surface area contributed by atoms with Gasteiger partial charge in [-0.15, -0.1) is 24.8 Å². The summed E-state index contributed by atoms with van der Waals surface area (Å²) in [5.74, 6) is -0.481. The molecule has 5 nitrogen and oxygen atoms in total. The van der Waals surface area contributed by atoms with Crippen molar-refractivity contribution in [2.24, 2.45) is 5.73 Å². The molecule has 9 heteroatoms. The smallest absolute Gasteiger partial charge is 0.255 e. The molecule has 0 radical (unpaired) electrons. The van der Waals surface area contributed by atoms with Crippen molar-refractivity contribution in [3.63, 3.8) is 0 Å². The number of halogens is 3. The molecule has 33 heavy (non-hydrogen) atoms. The summed E-state index contributed by atoms with van der Waals surface area (Å²) in [5, 5.41) is 6.05. The van der Waals surface area contributed by atoms with E-state index in [1.54, 1.807) is 48.8 Å². The molecular weight excluding hydrogens is 482 g/mol. The van der Waals surface area contributed by atoms with Crippen molar-refractivity contribution in [3.05, 3.63) is 95.6 Å². The van der Waals surface area contributed by atoms with E-state index in [2.05, 4.69) is 15.6 Å². The van der Waals surface area contributed by atoms with Gasteiger partial charge in [0.05, 0.1) is 4.99 Å². The summed E-state index contributed by atoms with van der Waals surface area (Å²) in [4.78, 5) is 16.9. The predicted octanol–water partition coefficient (Wildman–Crippen LogP) is 5.21. The monoisotopic (exact) mass is 508 g/mol. The lowest BCUT2D eigenvalue weighted by Gasteiger charge is -2.28. The van der Waals surface area contributed by atoms with E-state index in [0.29, 0.717) is 22.8 Å². The second-order valence-electron chi connectivity index (χ2n) is 7.76. The molecule has 0 aliphatic heterocycles. The van der Waals surface area contributed by atoms with E-state index in [1.807, 2.05) is 26.0 Å². The van der Waals surface area contributed by atoms with E-state index in [-0.39, 0.29) is 42.6 Å². The van der Waals surface area contributed by atoms with E-state index in [4.69, 9.17) is 18.0 Å². The highest BCUT2D eigenvalue weighted by atomic mass is 35.5. The van der Waals surface area contributed by atoms with Crippen molar-refractivity contribution in [2.45, 2.75) is 25.3 Å². The van der Waals surface area contributed by atoms with Crippen LogP contribution in [0.2, 0.25) is 0 Å². The van der Waals surface area contributed by atoms with Gasteiger partial charge in [0.1, 0.15) is 5.82 Å². The number of thiocarbonyl (C=S) groups is 1. The number of carbonyl (C=O) groups excluding carboxylic acids is 1. The standard InChI is InChI=1S/C24H25FN4OS.2ClH/c1-24(2,18-7-9-19(25)10-8-18)23(31)28-15-21(26)16-3-5-17(6-4-16)22(30)29-20-11-13-27-14-12-20;;/h3-14,21H,15,26H2,1-2H3,(H,28,31)(H,27,29,30);2*1H. The van der Waals surface area contributed by atoms with Crippen molar-refractivity contribution in [2.75, 3.05) is 11.9 Å². The summed E-state index contributed by atoms with van der Waals surface area (Å²) in [7, 11) is 0. The van der Waals surface area contributed by atoms with E-state index >= 15 is 0 Å². The van der Waals surface area contributed by atoms with Gasteiger partial charge in [-0.3, -0.25) is 9.78 Å². The molecule has 176 valence electrons. The van der Waals surface area contributed by atoms with Crippen molar-refractivity contribution in [3.8, 4) is 0 Å². The first kappa shape index (κ1) is 28.5. The Hall–Kier alpha value is -2.58. The van der Waals surface area contributed by atoms with Crippen LogP contribution < -0.4 is 16.4 Å². The first-order chi connectivity index (χ1) is 14.8. The number of nitrogens with one attached hydrogen (secondary N) is 2. The van der Waals surface area contributed by atoms with Gasteiger partial charge in [-0.25, -0.2) is 4.39 Å². The Kier molecular flexibility index (Phi) is 10.9. The molecule has 3 aromatic rings. The zero-order valence-corrected chi connectivity index (χ0v) is 20.7. The SMILES string of the molecule is CC(C)(C(=S)NCC(N)c1ccc(C(=O)Nc2ccncc2)cc1)c1ccc(F)cc1.Cl.Cl. The van der Waals surface area contributed by atoms with Crippen LogP contribution in [-0.2, 0) is 5.41 Å². The molecule has 3 rings (SSSR count). The molecule has 2 aromatic carbocycles. The number of hydrogen-bond donors (Lipinski definition) is 3. The number of carbonyl (C=O) groups is 1. The van der Waals surface area contributed by atoms with Crippen LogP contribution in [-0.4, -0.2) is 22.4 Å². The third kappa shape index (κ3) is 7.47. The highest BCUT2D eigenvalue weighted by Crippen LogP contribution is 2.25. The highest BCUT2D eigenvalue weighted by Gasteiger charge is 2.26. The topological polar surface area (TPSA) is 80.0 Å². The summed E-state index contributed by atoms with van der Waals surface area (Å²) in [6.07, 6.45) is 3.24. The Morgan fingerprint density at radius 3 is 2.18 bits per heavy atom. The minimum atomic E-state index is -0.461. The normalized spacial score (nSPS) is 11.4.